The van der Waals surface area contributed by atoms with Crippen molar-refractivity contribution in [1.82, 2.24) is 15.1 Å². The summed E-state index contributed by atoms with van der Waals surface area (Å²) in [6, 6.07) is 19.1. The first kappa shape index (κ1) is 18.5. The Morgan fingerprint density at radius 3 is 2.36 bits per heavy atom. The van der Waals surface area contributed by atoms with E-state index in [1.807, 2.05) is 53.4 Å². The van der Waals surface area contributed by atoms with Gasteiger partial charge in [0.1, 0.15) is 6.04 Å². The number of piperazine rings is 1. The number of nitrogens with zero attached hydrogens (tertiary/aromatic N) is 3. The Labute approximate surface area is 165 Å². The smallest absolute Gasteiger partial charge is 0.318 e. The van der Waals surface area contributed by atoms with Crippen LogP contribution in [0.15, 0.2) is 60.7 Å². The minimum Gasteiger partial charge on any atom is -0.326 e. The summed E-state index contributed by atoms with van der Waals surface area (Å²) >= 11 is 0. The van der Waals surface area contributed by atoms with Gasteiger partial charge < -0.3 is 20.0 Å². The molecule has 2 aromatic carbocycles. The van der Waals surface area contributed by atoms with Crippen molar-refractivity contribution in [2.45, 2.75) is 18.5 Å². The molecule has 6 heteroatoms. The number of nitrogens with one attached hydrogen (secondary N) is 1. The topological polar surface area (TPSA) is 55.9 Å². The van der Waals surface area contributed by atoms with Gasteiger partial charge >= 0.3 is 6.03 Å². The predicted octanol–water partition coefficient (Wildman–Crippen LogP) is 2.49. The zero-order chi connectivity index (χ0) is 19.5. The van der Waals surface area contributed by atoms with E-state index < -0.39 is 6.04 Å². The number of likely N-dealkylation sites (N-methyl/N-ethyl adjacent to an activating group) is 1. The molecule has 28 heavy (non-hydrogen) atoms. The second-order valence-corrected chi connectivity index (χ2v) is 7.50. The van der Waals surface area contributed by atoms with Crippen LogP contribution in [0.5, 0.6) is 0 Å². The van der Waals surface area contributed by atoms with Gasteiger partial charge in [0.25, 0.3) is 0 Å². The molecule has 2 saturated heterocycles. The van der Waals surface area contributed by atoms with Gasteiger partial charge in [-0.25, -0.2) is 4.79 Å². The molecule has 6 nitrogen and oxygen atoms in total. The van der Waals surface area contributed by atoms with E-state index in [0.29, 0.717) is 19.5 Å². The molecule has 2 aliphatic heterocycles. The van der Waals surface area contributed by atoms with Crippen LogP contribution in [0.4, 0.5) is 10.5 Å². The number of urea groups is 1. The SMILES string of the molecule is CN1CCN(C(=O)NC2CCN(c3ccccc3)C2=O)C(c2ccccc2)C1. The molecule has 0 radical (unpaired) electrons. The Bertz CT molecular complexity index is 827. The highest BCUT2D eigenvalue weighted by Gasteiger charge is 2.37. The summed E-state index contributed by atoms with van der Waals surface area (Å²) in [5.41, 5.74) is 2.00. The van der Waals surface area contributed by atoms with Gasteiger partial charge in [-0.2, -0.15) is 0 Å². The molecule has 2 fully saturated rings. The third-order valence-electron chi connectivity index (χ3n) is 5.60. The quantitative estimate of drug-likeness (QED) is 0.893. The zero-order valence-corrected chi connectivity index (χ0v) is 16.1. The van der Waals surface area contributed by atoms with Gasteiger partial charge in [-0.05, 0) is 31.2 Å². The monoisotopic (exact) mass is 378 g/mol. The summed E-state index contributed by atoms with van der Waals surface area (Å²) in [7, 11) is 2.07. The fraction of sp³-hybridized carbons (Fsp3) is 0.364. The van der Waals surface area contributed by atoms with Crippen LogP contribution in [0.1, 0.15) is 18.0 Å². The average Bonchev–Trinajstić information content (AvgIpc) is 3.09. The van der Waals surface area contributed by atoms with E-state index in [1.54, 1.807) is 4.90 Å². The lowest BCUT2D eigenvalue weighted by atomic mass is 10.0. The molecule has 1 N–H and O–H groups in total. The van der Waals surface area contributed by atoms with Gasteiger partial charge in [-0.3, -0.25) is 4.79 Å². The molecule has 2 atom stereocenters. The van der Waals surface area contributed by atoms with Crippen molar-refractivity contribution in [3.8, 4) is 0 Å². The second-order valence-electron chi connectivity index (χ2n) is 7.50. The van der Waals surface area contributed by atoms with Crippen molar-refractivity contribution >= 4 is 17.6 Å². The van der Waals surface area contributed by atoms with Crippen LogP contribution in [0.25, 0.3) is 0 Å². The predicted molar refractivity (Wildman–Crippen MR) is 109 cm³/mol. The van der Waals surface area contributed by atoms with Crippen molar-refractivity contribution in [2.24, 2.45) is 0 Å². The normalized spacial score (nSPS) is 23.1. The first-order valence-corrected chi connectivity index (χ1v) is 9.80. The summed E-state index contributed by atoms with van der Waals surface area (Å²) in [6.07, 6.45) is 0.628. The zero-order valence-electron chi connectivity index (χ0n) is 16.1. The maximum atomic E-state index is 13.1. The van der Waals surface area contributed by atoms with Crippen LogP contribution in [-0.4, -0.2) is 61.0 Å². The van der Waals surface area contributed by atoms with Crippen LogP contribution in [-0.2, 0) is 4.79 Å². The second kappa shape index (κ2) is 8.02. The summed E-state index contributed by atoms with van der Waals surface area (Å²) in [6.45, 7) is 2.88. The largest absolute Gasteiger partial charge is 0.326 e. The number of anilines is 1. The molecule has 146 valence electrons. The minimum absolute atomic E-state index is 0.0123. The van der Waals surface area contributed by atoms with Crippen LogP contribution in [0, 0.1) is 0 Å². The van der Waals surface area contributed by atoms with Gasteiger partial charge in [0, 0.05) is 31.9 Å². The molecule has 2 aromatic rings. The number of hydrogen-bond donors (Lipinski definition) is 1. The third-order valence-corrected chi connectivity index (χ3v) is 5.60. The summed E-state index contributed by atoms with van der Waals surface area (Å²) in [5.74, 6) is -0.0371. The minimum atomic E-state index is -0.469. The van der Waals surface area contributed by atoms with Crippen LogP contribution >= 0.6 is 0 Å². The van der Waals surface area contributed by atoms with E-state index in [9.17, 15) is 9.59 Å². The van der Waals surface area contributed by atoms with Crippen molar-refractivity contribution in [3.63, 3.8) is 0 Å². The first-order chi connectivity index (χ1) is 13.6. The van der Waals surface area contributed by atoms with Gasteiger partial charge in [0.2, 0.25) is 5.91 Å². The molecule has 0 aliphatic carbocycles. The molecule has 0 aromatic heterocycles. The van der Waals surface area contributed by atoms with Gasteiger partial charge in [0.15, 0.2) is 0 Å². The third kappa shape index (κ3) is 3.73. The molecular weight excluding hydrogens is 352 g/mol. The standard InChI is InChI=1S/C22H26N4O2/c1-24-14-15-26(20(16-24)17-8-4-2-5-9-17)22(28)23-19-12-13-25(21(19)27)18-10-6-3-7-11-18/h2-11,19-20H,12-16H2,1H3,(H,23,28). The Balaban J connectivity index is 1.46. The van der Waals surface area contributed by atoms with Gasteiger partial charge in [-0.1, -0.05) is 48.5 Å². The highest BCUT2D eigenvalue weighted by Crippen LogP contribution is 2.26. The number of para-hydroxylation sites is 1. The number of rotatable bonds is 3. The molecule has 2 unspecified atom stereocenters. The number of carbonyl (C=O) groups is 2. The molecule has 4 rings (SSSR count). The van der Waals surface area contributed by atoms with E-state index in [2.05, 4.69) is 29.4 Å². The van der Waals surface area contributed by atoms with Gasteiger partial charge in [0.05, 0.1) is 6.04 Å². The van der Waals surface area contributed by atoms with E-state index in [-0.39, 0.29) is 18.0 Å². The summed E-state index contributed by atoms with van der Waals surface area (Å²) in [4.78, 5) is 31.7. The highest BCUT2D eigenvalue weighted by atomic mass is 16.2. The molecule has 0 spiro atoms. The molecular formula is C22H26N4O2. The highest BCUT2D eigenvalue weighted by molar-refractivity contribution is 6.01. The fourth-order valence-electron chi connectivity index (χ4n) is 4.03. The number of amides is 3. The summed E-state index contributed by atoms with van der Waals surface area (Å²) < 4.78 is 0. The molecule has 2 aliphatic rings. The Morgan fingerprint density at radius 2 is 1.64 bits per heavy atom. The number of hydrogen-bond acceptors (Lipinski definition) is 3. The van der Waals surface area contributed by atoms with Crippen molar-refractivity contribution < 1.29 is 9.59 Å². The number of benzene rings is 2. The molecule has 0 bridgehead atoms. The van der Waals surface area contributed by atoms with E-state index in [0.717, 1.165) is 24.3 Å². The Morgan fingerprint density at radius 1 is 0.964 bits per heavy atom. The number of carbonyl (C=O) groups excluding carboxylic acids is 2. The Kier molecular flexibility index (Phi) is 5.30. The van der Waals surface area contributed by atoms with E-state index in [4.69, 9.17) is 0 Å². The van der Waals surface area contributed by atoms with Crippen LogP contribution < -0.4 is 10.2 Å². The van der Waals surface area contributed by atoms with Crippen LogP contribution in [0.2, 0.25) is 0 Å². The average molecular weight is 378 g/mol. The maximum Gasteiger partial charge on any atom is 0.318 e. The van der Waals surface area contributed by atoms with Crippen molar-refractivity contribution in [3.05, 3.63) is 66.2 Å². The van der Waals surface area contributed by atoms with Crippen molar-refractivity contribution in [2.75, 3.05) is 38.1 Å². The lowest BCUT2D eigenvalue weighted by Crippen LogP contribution is -2.55. The van der Waals surface area contributed by atoms with Gasteiger partial charge in [-0.15, -0.1) is 0 Å². The van der Waals surface area contributed by atoms with E-state index in [1.165, 1.54) is 0 Å². The van der Waals surface area contributed by atoms with Crippen molar-refractivity contribution in [1.29, 1.82) is 0 Å². The Hall–Kier alpha value is -2.86. The molecule has 3 amide bonds. The molecule has 0 saturated carbocycles. The lowest BCUT2D eigenvalue weighted by molar-refractivity contribution is -0.118. The fourth-order valence-corrected chi connectivity index (χ4v) is 4.03. The first-order valence-electron chi connectivity index (χ1n) is 9.80. The molecule has 2 heterocycles. The summed E-state index contributed by atoms with van der Waals surface area (Å²) in [5, 5.41) is 2.99. The maximum absolute atomic E-state index is 13.1. The van der Waals surface area contributed by atoms with Crippen LogP contribution in [0.3, 0.4) is 0 Å². The lowest BCUT2D eigenvalue weighted by Gasteiger charge is -2.40. The van der Waals surface area contributed by atoms with E-state index >= 15 is 0 Å².